The molecule has 0 aliphatic rings. The number of H-pyrrole nitrogens is 9. The van der Waals surface area contributed by atoms with E-state index in [9.17, 15) is 23.3 Å². The van der Waals surface area contributed by atoms with Crippen LogP contribution in [-0.4, -0.2) is 173 Å². The summed E-state index contributed by atoms with van der Waals surface area (Å²) in [6.07, 6.45) is 1.04. The zero-order chi connectivity index (χ0) is 68.3. The first-order valence-corrected chi connectivity index (χ1v) is 29.8. The molecule has 0 amide bonds. The molecule has 9 heterocycles. The third kappa shape index (κ3) is 18.1. The van der Waals surface area contributed by atoms with Gasteiger partial charge in [-0.25, -0.2) is 4.79 Å². The number of nitrogens with zero attached hydrogens (tertiary/aromatic N) is 19. The van der Waals surface area contributed by atoms with Gasteiger partial charge in [0.1, 0.15) is 105 Å². The fourth-order valence-corrected chi connectivity index (χ4v) is 8.90. The zero-order valence-corrected chi connectivity index (χ0v) is 51.7. The van der Waals surface area contributed by atoms with Crippen molar-refractivity contribution in [3.8, 4) is 5.75 Å². The van der Waals surface area contributed by atoms with E-state index in [1.807, 2.05) is 67.6 Å². The molecule has 0 aliphatic carbocycles. The molecule has 0 saturated carbocycles. The summed E-state index contributed by atoms with van der Waals surface area (Å²) in [6.45, 7) is 4.16. The molecular weight excluding hydrogens is 1300 g/mol. The van der Waals surface area contributed by atoms with Gasteiger partial charge in [-0.15, -0.1) is 0 Å². The maximum Gasteiger partial charge on any atom is 0.335 e. The van der Waals surface area contributed by atoms with Gasteiger partial charge in [-0.2, -0.15) is 147 Å². The van der Waals surface area contributed by atoms with Gasteiger partial charge < -0.3 is 15.9 Å². The van der Waals surface area contributed by atoms with Gasteiger partial charge in [-0.05, 0) is 152 Å². The van der Waals surface area contributed by atoms with Crippen LogP contribution in [0.15, 0.2) is 175 Å². The first-order valence-electron chi connectivity index (χ1n) is 28.0. The minimum absolute atomic E-state index is 0.0244. The highest BCUT2D eigenvalue weighted by Crippen LogP contribution is 2.20. The van der Waals surface area contributed by atoms with E-state index in [0.717, 1.165) is 67.1 Å². The summed E-state index contributed by atoms with van der Waals surface area (Å²) < 4.78 is 30.1. The lowest BCUT2D eigenvalue weighted by atomic mass is 10.1. The van der Waals surface area contributed by atoms with Crippen molar-refractivity contribution < 1.29 is 32.9 Å². The SMILES string of the molecule is CCc1ccc2n[nH]nc2c1.Cc1ccc2n[nH]nc2c1.Clc1ccc2n[nH]nc2c1.Nc1ccc2n[nH]nc2c1.O=C(O)c1ccc2n[nH]nc2c1.O=S(=O)(O)c1ccc2n[nH]nc2c1.O=[N+]([O-])c1ccc2n[nH]nc2c1.Oc1ccc2n[nH]nc2c1.c1ccc2n[nH]nc2c1. The number of halogens is 1. The number of fused-ring (bicyclic) bond motifs is 9. The number of anilines is 1. The molecule has 0 unspecified atom stereocenters. The number of hydrogen-bond acceptors (Lipinski definition) is 25. The van der Waals surface area contributed by atoms with Crippen LogP contribution in [0.2, 0.25) is 5.02 Å². The number of aromatic nitrogens is 27. The molecule has 0 radical (unpaired) electrons. The molecule has 14 N–H and O–H groups in total. The van der Waals surface area contributed by atoms with E-state index >= 15 is 0 Å². The van der Waals surface area contributed by atoms with Crippen LogP contribution >= 0.6 is 11.6 Å². The molecule has 488 valence electrons. The van der Waals surface area contributed by atoms with E-state index in [2.05, 4.69) is 158 Å². The molecule has 0 saturated heterocycles. The van der Waals surface area contributed by atoms with Gasteiger partial charge in [-0.1, -0.05) is 42.8 Å². The maximum atomic E-state index is 10.7. The second kappa shape index (κ2) is 31.0. The van der Waals surface area contributed by atoms with Crippen LogP contribution in [0.5, 0.6) is 5.75 Å². The minimum atomic E-state index is -4.15. The summed E-state index contributed by atoms with van der Waals surface area (Å²) in [7, 11) is -4.15. The molecule has 9 aromatic heterocycles. The van der Waals surface area contributed by atoms with Crippen LogP contribution in [0.3, 0.4) is 0 Å². The number of non-ortho nitro benzene ring substituents is 1. The number of hydrogen-bond donors (Lipinski definition) is 13. The van der Waals surface area contributed by atoms with Crippen LogP contribution in [-0.2, 0) is 16.5 Å². The minimum Gasteiger partial charge on any atom is -0.508 e. The Bertz CT molecular complexity index is 5320. The number of phenols is 1. The topological polar surface area (TPSA) is 555 Å². The van der Waals surface area contributed by atoms with Gasteiger partial charge >= 0.3 is 5.97 Å². The van der Waals surface area contributed by atoms with Crippen LogP contribution in [0, 0.1) is 17.0 Å². The standard InChI is InChI=1S/C8H9N3.C7H5N3O2.C7H7N3.C6H4ClN3.C6H4N4O2.C6H6N4.C6H5N3O3S.C6H5N3O.C6H5N3/c1-2-6-3-4-7-8(5-6)10-11-9-7;11-7(12)4-1-2-5-6(3-4)9-10-8-5;1-5-2-3-6-7(4-5)9-10-8-6;7-4-1-2-5-6(3-4)9-10-8-5;11-10(12)4-1-2-5-6(3-4)8-9-7-5;7-4-1-2-5-6(3-4)9-10-8-5;10-13(11,12)4-1-2-5-6(3-4)8-9-7-5;10-4-1-2-5-6(3-4)8-9-7-5;1-2-4-6-5(3-1)7-9-8-6/h3-5H,2H2,1H3,(H,9,10,11);1-3H,(H,11,12)(H,8,9,10);2-4H,1H3,(H,8,9,10);1-3H,(H,8,9,10);1-3H,(H,7,8,9);1-3H,7H2,(H,8,9,10);1-3H,(H,7,8,9)(H,10,11,12);1-3,10H,(H,7,8,9);1-4H,(H,7,8,9). The summed E-state index contributed by atoms with van der Waals surface area (Å²) in [6, 6.07) is 48.3. The summed E-state index contributed by atoms with van der Waals surface area (Å²) in [4.78, 5) is 20.2. The quantitative estimate of drug-likeness (QED) is 0.0341. The van der Waals surface area contributed by atoms with Crippen molar-refractivity contribution >= 4 is 138 Å². The number of carboxylic acids is 1. The zero-order valence-electron chi connectivity index (χ0n) is 50.1. The number of nitro groups is 1. The number of nitro benzene ring substituents is 1. The predicted molar refractivity (Wildman–Crippen MR) is 354 cm³/mol. The molecule has 18 rings (SSSR count). The highest BCUT2D eigenvalue weighted by Gasteiger charge is 2.12. The Hall–Kier alpha value is -13.8. The number of carboxylic acid groups (broad SMARTS) is 1. The van der Waals surface area contributed by atoms with E-state index in [-0.39, 0.29) is 21.9 Å². The number of nitrogen functional groups attached to an aromatic ring is 1. The van der Waals surface area contributed by atoms with Gasteiger partial charge in [0.2, 0.25) is 0 Å². The largest absolute Gasteiger partial charge is 0.508 e. The van der Waals surface area contributed by atoms with Crippen molar-refractivity contribution in [3.63, 3.8) is 0 Å². The number of aromatic amines is 9. The molecule has 9 aromatic carbocycles. The molecule has 97 heavy (non-hydrogen) atoms. The number of rotatable bonds is 4. The summed E-state index contributed by atoms with van der Waals surface area (Å²) in [5, 5.41) is 120. The van der Waals surface area contributed by atoms with E-state index in [0.29, 0.717) is 49.3 Å². The lowest BCUT2D eigenvalue weighted by Gasteiger charge is -1.93. The monoisotopic (exact) mass is 1350 g/mol. The van der Waals surface area contributed by atoms with Crippen LogP contribution in [0.1, 0.15) is 28.4 Å². The van der Waals surface area contributed by atoms with E-state index in [4.69, 9.17) is 32.1 Å². The molecule has 0 spiro atoms. The predicted octanol–water partition coefficient (Wildman–Crippen LogP) is 8.29. The van der Waals surface area contributed by atoms with Gasteiger partial charge in [0.05, 0.1) is 15.4 Å². The Morgan fingerprint density at radius 1 is 0.443 bits per heavy atom. The number of phenolic OH excluding ortho intramolecular Hbond substituents is 1. The van der Waals surface area contributed by atoms with Gasteiger partial charge in [-0.3, -0.25) is 14.7 Å². The van der Waals surface area contributed by atoms with Crippen molar-refractivity contribution in [2.24, 2.45) is 0 Å². The Labute approximate surface area is 545 Å². The first-order chi connectivity index (χ1) is 46.9. The van der Waals surface area contributed by atoms with Gasteiger partial charge in [0.25, 0.3) is 15.8 Å². The van der Waals surface area contributed by atoms with E-state index in [1.165, 1.54) is 53.6 Å². The highest BCUT2D eigenvalue weighted by molar-refractivity contribution is 7.85. The van der Waals surface area contributed by atoms with Crippen LogP contribution < -0.4 is 5.73 Å². The Morgan fingerprint density at radius 2 is 0.804 bits per heavy atom. The van der Waals surface area contributed by atoms with Crippen molar-refractivity contribution in [1.82, 2.24) is 139 Å². The average molecular weight is 1350 g/mol. The van der Waals surface area contributed by atoms with Gasteiger partial charge in [0.15, 0.2) is 0 Å². The average Bonchev–Trinajstić information content (AvgIpc) is 1.88. The van der Waals surface area contributed by atoms with Gasteiger partial charge in [0, 0.05) is 28.9 Å². The lowest BCUT2D eigenvalue weighted by Crippen LogP contribution is -1.97. The summed E-state index contributed by atoms with van der Waals surface area (Å²) in [5.74, 6) is -0.749. The first kappa shape index (κ1) is 66.2. The number of benzene rings is 9. The number of aromatic carboxylic acids is 1. The maximum absolute atomic E-state index is 10.7. The smallest absolute Gasteiger partial charge is 0.335 e. The number of nitrogens with two attached hydrogens (primary N) is 1. The second-order valence-electron chi connectivity index (χ2n) is 19.7. The molecule has 39 heteroatoms. The Morgan fingerprint density at radius 3 is 1.29 bits per heavy atom. The molecule has 0 fully saturated rings. The van der Waals surface area contributed by atoms with Crippen molar-refractivity contribution in [3.05, 3.63) is 202 Å². The Balaban J connectivity index is 0.000000119. The van der Waals surface area contributed by atoms with Crippen molar-refractivity contribution in [2.75, 3.05) is 5.73 Å². The Kier molecular flexibility index (Phi) is 21.2. The molecular formula is C58H50ClN29O8S. The number of nitrogens with one attached hydrogen (secondary N) is 9. The molecule has 0 bridgehead atoms. The summed E-state index contributed by atoms with van der Waals surface area (Å²) in [5.41, 5.74) is 22.6. The number of aryl methyl sites for hydroxylation is 2. The van der Waals surface area contributed by atoms with Crippen molar-refractivity contribution in [1.29, 1.82) is 0 Å². The second-order valence-corrected chi connectivity index (χ2v) is 21.5. The third-order valence-corrected chi connectivity index (χ3v) is 14.1. The summed E-state index contributed by atoms with van der Waals surface area (Å²) >= 11 is 5.69. The fourth-order valence-electron chi connectivity index (χ4n) is 8.24. The van der Waals surface area contributed by atoms with E-state index in [1.54, 1.807) is 54.6 Å². The van der Waals surface area contributed by atoms with E-state index < -0.39 is 21.0 Å². The lowest BCUT2D eigenvalue weighted by molar-refractivity contribution is -0.384. The van der Waals surface area contributed by atoms with Crippen LogP contribution in [0.25, 0.3) is 99.3 Å². The number of carbonyl (C=O) groups is 1. The molecule has 37 nitrogen and oxygen atoms in total. The number of aromatic hydroxyl groups is 1. The normalized spacial score (nSPS) is 10.6. The van der Waals surface area contributed by atoms with Crippen LogP contribution in [0.4, 0.5) is 11.4 Å². The van der Waals surface area contributed by atoms with Crippen molar-refractivity contribution in [2.45, 2.75) is 25.2 Å². The third-order valence-electron chi connectivity index (χ3n) is 13.1. The molecule has 0 aliphatic heterocycles. The fraction of sp³-hybridized carbons (Fsp3) is 0.0517. The molecule has 0 atom stereocenters. The highest BCUT2D eigenvalue weighted by atomic mass is 35.5. The number of para-hydroxylation sites is 2. The molecule has 18 aromatic rings.